The summed E-state index contributed by atoms with van der Waals surface area (Å²) < 4.78 is 5.43. The van der Waals surface area contributed by atoms with E-state index < -0.39 is 0 Å². The summed E-state index contributed by atoms with van der Waals surface area (Å²) in [7, 11) is 1.70. The smallest absolute Gasteiger partial charge is 0.122 e. The zero-order valence-electron chi connectivity index (χ0n) is 11.9. The fraction of sp³-hybridized carbons (Fsp3) is 0.312. The van der Waals surface area contributed by atoms with E-state index in [9.17, 15) is 0 Å². The van der Waals surface area contributed by atoms with E-state index in [-0.39, 0.29) is 6.04 Å². The molecule has 0 amide bonds. The first-order valence-electron chi connectivity index (χ1n) is 6.64. The van der Waals surface area contributed by atoms with Crippen LogP contribution in [0.4, 0.5) is 0 Å². The topological polar surface area (TPSA) is 48.1 Å². The number of nitrogens with two attached hydrogens (primary N) is 1. The normalized spacial score (nSPS) is 12.2. The van der Waals surface area contributed by atoms with E-state index in [1.807, 2.05) is 37.4 Å². The van der Waals surface area contributed by atoms with Crippen LogP contribution in [-0.2, 0) is 12.2 Å². The van der Waals surface area contributed by atoms with Crippen LogP contribution in [-0.4, -0.2) is 18.1 Å². The molecule has 2 aromatic rings. The van der Waals surface area contributed by atoms with Gasteiger partial charge in [0.1, 0.15) is 5.75 Å². The summed E-state index contributed by atoms with van der Waals surface area (Å²) in [5.41, 5.74) is 8.29. The van der Waals surface area contributed by atoms with Crippen LogP contribution < -0.4 is 10.5 Å². The van der Waals surface area contributed by atoms with Gasteiger partial charge in [-0.15, -0.1) is 11.8 Å². The number of nitrogens with zero attached hydrogens (tertiary/aromatic N) is 1. The van der Waals surface area contributed by atoms with Crippen molar-refractivity contribution in [3.05, 3.63) is 53.7 Å². The fourth-order valence-corrected chi connectivity index (χ4v) is 2.87. The standard InChI is InChI=1S/C16H20N2OS/c1-12(17)9-13-6-7-15(19-2)14(10-13)11-20-16-5-3-4-8-18-16/h3-8,10,12H,9,11,17H2,1-2H3. The Morgan fingerprint density at radius 2 is 2.15 bits per heavy atom. The highest BCUT2D eigenvalue weighted by Crippen LogP contribution is 2.28. The molecule has 0 bridgehead atoms. The summed E-state index contributed by atoms with van der Waals surface area (Å²) >= 11 is 1.71. The first-order chi connectivity index (χ1) is 9.69. The van der Waals surface area contributed by atoms with E-state index in [0.717, 1.165) is 22.9 Å². The molecule has 4 heteroatoms. The molecule has 0 radical (unpaired) electrons. The molecule has 0 fully saturated rings. The maximum atomic E-state index is 5.86. The van der Waals surface area contributed by atoms with Gasteiger partial charge in [-0.2, -0.15) is 0 Å². The van der Waals surface area contributed by atoms with Crippen molar-refractivity contribution >= 4 is 11.8 Å². The zero-order valence-corrected chi connectivity index (χ0v) is 12.7. The summed E-state index contributed by atoms with van der Waals surface area (Å²) in [6.07, 6.45) is 2.69. The lowest BCUT2D eigenvalue weighted by Gasteiger charge is -2.12. The Bertz CT molecular complexity index is 543. The molecule has 0 aliphatic rings. The number of pyridine rings is 1. The van der Waals surface area contributed by atoms with Crippen LogP contribution in [0.3, 0.4) is 0 Å². The van der Waals surface area contributed by atoms with Crippen LogP contribution in [0.2, 0.25) is 0 Å². The lowest BCUT2D eigenvalue weighted by atomic mass is 10.0. The molecule has 0 spiro atoms. The molecule has 0 saturated heterocycles. The molecule has 1 aromatic heterocycles. The summed E-state index contributed by atoms with van der Waals surface area (Å²) in [5, 5.41) is 1.02. The first-order valence-corrected chi connectivity index (χ1v) is 7.63. The Balaban J connectivity index is 2.12. The van der Waals surface area contributed by atoms with Gasteiger partial charge < -0.3 is 10.5 Å². The number of hydrogen-bond donors (Lipinski definition) is 1. The third-order valence-corrected chi connectivity index (χ3v) is 3.91. The highest BCUT2D eigenvalue weighted by atomic mass is 32.2. The van der Waals surface area contributed by atoms with E-state index in [1.54, 1.807) is 18.9 Å². The molecule has 20 heavy (non-hydrogen) atoms. The highest BCUT2D eigenvalue weighted by Gasteiger charge is 2.07. The molecular formula is C16H20N2OS. The van der Waals surface area contributed by atoms with Crippen molar-refractivity contribution in [3.63, 3.8) is 0 Å². The van der Waals surface area contributed by atoms with Crippen molar-refractivity contribution in [2.24, 2.45) is 5.73 Å². The van der Waals surface area contributed by atoms with Crippen molar-refractivity contribution < 1.29 is 4.74 Å². The van der Waals surface area contributed by atoms with Gasteiger partial charge in [-0.1, -0.05) is 18.2 Å². The van der Waals surface area contributed by atoms with E-state index in [0.29, 0.717) is 0 Å². The quantitative estimate of drug-likeness (QED) is 0.829. The minimum Gasteiger partial charge on any atom is -0.496 e. The molecule has 0 saturated carbocycles. The number of thioether (sulfide) groups is 1. The number of hydrogen-bond acceptors (Lipinski definition) is 4. The summed E-state index contributed by atoms with van der Waals surface area (Å²) in [6, 6.07) is 12.4. The van der Waals surface area contributed by atoms with Gasteiger partial charge in [0.15, 0.2) is 0 Å². The summed E-state index contributed by atoms with van der Waals surface area (Å²) in [5.74, 6) is 1.76. The molecule has 0 aliphatic heterocycles. The summed E-state index contributed by atoms with van der Waals surface area (Å²) in [6.45, 7) is 2.02. The van der Waals surface area contributed by atoms with Crippen LogP contribution in [0.25, 0.3) is 0 Å². The maximum absolute atomic E-state index is 5.86. The third-order valence-electron chi connectivity index (χ3n) is 2.92. The number of ether oxygens (including phenoxy) is 1. The maximum Gasteiger partial charge on any atom is 0.122 e. The largest absolute Gasteiger partial charge is 0.496 e. The number of rotatable bonds is 6. The monoisotopic (exact) mass is 288 g/mol. The molecule has 1 unspecified atom stereocenters. The molecule has 1 heterocycles. The Labute approximate surface area is 124 Å². The van der Waals surface area contributed by atoms with Gasteiger partial charge in [0.25, 0.3) is 0 Å². The predicted molar refractivity (Wildman–Crippen MR) is 84.1 cm³/mol. The van der Waals surface area contributed by atoms with Gasteiger partial charge >= 0.3 is 0 Å². The van der Waals surface area contributed by atoms with Crippen molar-refractivity contribution in [2.75, 3.05) is 7.11 Å². The second kappa shape index (κ2) is 7.31. The van der Waals surface area contributed by atoms with Crippen LogP contribution >= 0.6 is 11.8 Å². The molecule has 106 valence electrons. The average molecular weight is 288 g/mol. The Morgan fingerprint density at radius 3 is 2.80 bits per heavy atom. The molecular weight excluding hydrogens is 268 g/mol. The molecule has 2 rings (SSSR count). The first kappa shape index (κ1) is 14.9. The van der Waals surface area contributed by atoms with Crippen LogP contribution in [0, 0.1) is 0 Å². The van der Waals surface area contributed by atoms with Gasteiger partial charge in [0, 0.05) is 23.6 Å². The van der Waals surface area contributed by atoms with Gasteiger partial charge in [-0.25, -0.2) is 4.98 Å². The third kappa shape index (κ3) is 4.25. The predicted octanol–water partition coefficient (Wildman–Crippen LogP) is 3.27. The van der Waals surface area contributed by atoms with Crippen molar-refractivity contribution in [2.45, 2.75) is 30.2 Å². The van der Waals surface area contributed by atoms with Crippen molar-refractivity contribution in [1.82, 2.24) is 4.98 Å². The second-order valence-electron chi connectivity index (χ2n) is 4.78. The van der Waals surface area contributed by atoms with E-state index >= 15 is 0 Å². The van der Waals surface area contributed by atoms with Crippen LogP contribution in [0.15, 0.2) is 47.6 Å². The lowest BCUT2D eigenvalue weighted by molar-refractivity contribution is 0.411. The van der Waals surface area contributed by atoms with Crippen LogP contribution in [0.1, 0.15) is 18.1 Å². The van der Waals surface area contributed by atoms with Gasteiger partial charge in [0.2, 0.25) is 0 Å². The van der Waals surface area contributed by atoms with Gasteiger partial charge in [0.05, 0.1) is 12.1 Å². The molecule has 0 aliphatic carbocycles. The second-order valence-corrected chi connectivity index (χ2v) is 5.78. The van der Waals surface area contributed by atoms with Gasteiger partial charge in [-0.05, 0) is 37.1 Å². The Kier molecular flexibility index (Phi) is 5.44. The van der Waals surface area contributed by atoms with Crippen molar-refractivity contribution in [1.29, 1.82) is 0 Å². The van der Waals surface area contributed by atoms with Gasteiger partial charge in [-0.3, -0.25) is 0 Å². The molecule has 3 nitrogen and oxygen atoms in total. The highest BCUT2D eigenvalue weighted by molar-refractivity contribution is 7.98. The minimum atomic E-state index is 0.166. The van der Waals surface area contributed by atoms with E-state index in [1.165, 1.54) is 11.1 Å². The zero-order chi connectivity index (χ0) is 14.4. The Hall–Kier alpha value is -1.52. The fourth-order valence-electron chi connectivity index (χ4n) is 2.03. The number of methoxy groups -OCH3 is 1. The van der Waals surface area contributed by atoms with E-state index in [2.05, 4.69) is 17.1 Å². The summed E-state index contributed by atoms with van der Waals surface area (Å²) in [4.78, 5) is 4.32. The number of benzene rings is 1. The Morgan fingerprint density at radius 1 is 1.30 bits per heavy atom. The molecule has 1 atom stereocenters. The van der Waals surface area contributed by atoms with E-state index in [4.69, 9.17) is 10.5 Å². The minimum absolute atomic E-state index is 0.166. The van der Waals surface area contributed by atoms with Crippen LogP contribution in [0.5, 0.6) is 5.75 Å². The van der Waals surface area contributed by atoms with Crippen molar-refractivity contribution in [3.8, 4) is 5.75 Å². The average Bonchev–Trinajstić information content (AvgIpc) is 2.46. The SMILES string of the molecule is COc1ccc(CC(C)N)cc1CSc1ccccn1. The lowest BCUT2D eigenvalue weighted by Crippen LogP contribution is -2.17. The molecule has 2 N–H and O–H groups in total. The molecule has 1 aromatic carbocycles. The number of aromatic nitrogens is 1.